The number of aliphatic carboxylic acids is 1. The lowest BCUT2D eigenvalue weighted by Crippen LogP contribution is -1.92. The van der Waals surface area contributed by atoms with Gasteiger partial charge < -0.3 is 5.11 Å². The van der Waals surface area contributed by atoms with E-state index in [1.54, 1.807) is 0 Å². The Morgan fingerprint density at radius 1 is 1.25 bits per heavy atom. The maximum atomic E-state index is 10.1. The van der Waals surface area contributed by atoms with Gasteiger partial charge in [-0.3, -0.25) is 4.79 Å². The second-order valence-electron chi connectivity index (χ2n) is 2.90. The van der Waals surface area contributed by atoms with Crippen LogP contribution in [0.1, 0.15) is 45.4 Å². The number of hydrogen-bond donors (Lipinski definition) is 1. The van der Waals surface area contributed by atoms with Crippen LogP contribution in [0.3, 0.4) is 0 Å². The van der Waals surface area contributed by atoms with Crippen LogP contribution in [0.4, 0.5) is 0 Å². The molecule has 0 radical (unpaired) electrons. The Kier molecular flexibility index (Phi) is 7.76. The summed E-state index contributed by atoms with van der Waals surface area (Å²) < 4.78 is 0. The first-order valence-electron chi connectivity index (χ1n) is 4.64. The Labute approximate surface area is 74.3 Å². The fourth-order valence-corrected chi connectivity index (χ4v) is 0.929. The Morgan fingerprint density at radius 3 is 2.33 bits per heavy atom. The van der Waals surface area contributed by atoms with Gasteiger partial charge in [0, 0.05) is 6.42 Å². The van der Waals surface area contributed by atoms with Gasteiger partial charge in [0.2, 0.25) is 0 Å². The molecule has 1 N–H and O–H groups in total. The highest BCUT2D eigenvalue weighted by Gasteiger charge is 1.92. The highest BCUT2D eigenvalue weighted by atomic mass is 16.4. The molecule has 0 amide bonds. The summed E-state index contributed by atoms with van der Waals surface area (Å²) in [5.41, 5.74) is 0. The molecule has 0 aliphatic heterocycles. The molecule has 0 aliphatic carbocycles. The van der Waals surface area contributed by atoms with E-state index in [2.05, 4.69) is 19.1 Å². The molecule has 0 bridgehead atoms. The molecule has 0 fully saturated rings. The topological polar surface area (TPSA) is 37.3 Å². The maximum Gasteiger partial charge on any atom is 0.303 e. The second-order valence-corrected chi connectivity index (χ2v) is 2.90. The van der Waals surface area contributed by atoms with E-state index in [4.69, 9.17) is 5.11 Å². The van der Waals surface area contributed by atoms with Crippen molar-refractivity contribution in [3.63, 3.8) is 0 Å². The molecule has 0 aromatic heterocycles. The summed E-state index contributed by atoms with van der Waals surface area (Å²) in [5, 5.41) is 8.33. The Morgan fingerprint density at radius 2 is 1.83 bits per heavy atom. The third kappa shape index (κ3) is 9.21. The van der Waals surface area contributed by atoms with Crippen molar-refractivity contribution in [3.8, 4) is 0 Å². The van der Waals surface area contributed by atoms with Crippen LogP contribution in [0.5, 0.6) is 0 Å². The maximum absolute atomic E-state index is 10.1. The van der Waals surface area contributed by atoms with Gasteiger partial charge in [-0.1, -0.05) is 31.9 Å². The van der Waals surface area contributed by atoms with E-state index < -0.39 is 5.97 Å². The molecule has 12 heavy (non-hydrogen) atoms. The Hall–Kier alpha value is -0.790. The molecule has 70 valence electrons. The largest absolute Gasteiger partial charge is 0.481 e. The van der Waals surface area contributed by atoms with E-state index in [9.17, 15) is 4.79 Å². The number of rotatable bonds is 7. The average molecular weight is 170 g/mol. The molecule has 0 rings (SSSR count). The van der Waals surface area contributed by atoms with E-state index in [0.29, 0.717) is 0 Å². The van der Waals surface area contributed by atoms with Crippen molar-refractivity contribution in [2.45, 2.75) is 45.4 Å². The zero-order chi connectivity index (χ0) is 9.23. The average Bonchev–Trinajstić information content (AvgIpc) is 2.02. The minimum absolute atomic E-state index is 0.290. The highest BCUT2D eigenvalue weighted by molar-refractivity contribution is 5.66. The summed E-state index contributed by atoms with van der Waals surface area (Å²) in [6.07, 6.45) is 9.76. The van der Waals surface area contributed by atoms with Crippen LogP contribution in [0.2, 0.25) is 0 Å². The summed E-state index contributed by atoms with van der Waals surface area (Å²) in [4.78, 5) is 10.1. The number of carboxylic acid groups (broad SMARTS) is 1. The normalized spacial score (nSPS) is 10.8. The van der Waals surface area contributed by atoms with E-state index in [-0.39, 0.29) is 6.42 Å². The molecule has 0 heterocycles. The smallest absolute Gasteiger partial charge is 0.303 e. The van der Waals surface area contributed by atoms with Gasteiger partial charge in [-0.2, -0.15) is 0 Å². The molecule has 2 heteroatoms. The minimum atomic E-state index is -0.697. The molecule has 2 nitrogen and oxygen atoms in total. The summed E-state index contributed by atoms with van der Waals surface area (Å²) in [7, 11) is 0. The Balaban J connectivity index is 3.08. The minimum Gasteiger partial charge on any atom is -0.481 e. The predicted octanol–water partition coefficient (Wildman–Crippen LogP) is 2.99. The molecule has 0 saturated heterocycles. The third-order valence-electron chi connectivity index (χ3n) is 1.65. The molecular formula is C10H18O2. The van der Waals surface area contributed by atoms with E-state index in [1.807, 2.05) is 0 Å². The monoisotopic (exact) mass is 170 g/mol. The van der Waals surface area contributed by atoms with Crippen LogP contribution >= 0.6 is 0 Å². The molecule has 0 atom stereocenters. The molecule has 0 aromatic rings. The molecule has 0 unspecified atom stereocenters. The van der Waals surface area contributed by atoms with Crippen LogP contribution in [-0.4, -0.2) is 11.1 Å². The van der Waals surface area contributed by atoms with Crippen LogP contribution in [0, 0.1) is 0 Å². The van der Waals surface area contributed by atoms with Crippen molar-refractivity contribution in [2.75, 3.05) is 0 Å². The summed E-state index contributed by atoms with van der Waals surface area (Å²) in [5.74, 6) is -0.697. The third-order valence-corrected chi connectivity index (χ3v) is 1.65. The number of unbranched alkanes of at least 4 members (excludes halogenated alkanes) is 3. The van der Waals surface area contributed by atoms with Crippen molar-refractivity contribution >= 4 is 5.97 Å². The highest BCUT2D eigenvalue weighted by Crippen LogP contribution is 2.00. The van der Waals surface area contributed by atoms with Gasteiger partial charge in [0.15, 0.2) is 0 Å². The zero-order valence-corrected chi connectivity index (χ0v) is 7.75. The quantitative estimate of drug-likeness (QED) is 0.471. The molecule has 0 aromatic carbocycles. The van der Waals surface area contributed by atoms with Crippen LogP contribution in [0.25, 0.3) is 0 Å². The molecule has 0 aliphatic rings. The van der Waals surface area contributed by atoms with Crippen LogP contribution in [-0.2, 0) is 4.79 Å². The fraction of sp³-hybridized carbons (Fsp3) is 0.700. The van der Waals surface area contributed by atoms with Gasteiger partial charge in [0.05, 0.1) is 0 Å². The van der Waals surface area contributed by atoms with Crippen molar-refractivity contribution in [1.82, 2.24) is 0 Å². The van der Waals surface area contributed by atoms with Gasteiger partial charge in [-0.15, -0.1) is 0 Å². The van der Waals surface area contributed by atoms with Gasteiger partial charge in [0.25, 0.3) is 0 Å². The number of carboxylic acids is 1. The molecular weight excluding hydrogens is 152 g/mol. The molecule has 0 saturated carbocycles. The number of hydrogen-bond acceptors (Lipinski definition) is 1. The van der Waals surface area contributed by atoms with Crippen molar-refractivity contribution < 1.29 is 9.90 Å². The van der Waals surface area contributed by atoms with Crippen LogP contribution < -0.4 is 0 Å². The second kappa shape index (κ2) is 8.31. The first kappa shape index (κ1) is 11.2. The van der Waals surface area contributed by atoms with E-state index in [1.165, 1.54) is 12.8 Å². The summed E-state index contributed by atoms with van der Waals surface area (Å²) in [6, 6.07) is 0. The van der Waals surface area contributed by atoms with Crippen molar-refractivity contribution in [2.24, 2.45) is 0 Å². The first-order valence-corrected chi connectivity index (χ1v) is 4.64. The first-order chi connectivity index (χ1) is 5.77. The standard InChI is InChI=1S/C10H18O2/c1-2-3-4-5-6-7-8-9-10(11)12/h5-6H,2-4,7-9H2,1H3,(H,11,12). The number of carbonyl (C=O) groups is 1. The lowest BCUT2D eigenvalue weighted by atomic mass is 10.2. The van der Waals surface area contributed by atoms with Gasteiger partial charge >= 0.3 is 5.97 Å². The van der Waals surface area contributed by atoms with E-state index in [0.717, 1.165) is 19.3 Å². The van der Waals surface area contributed by atoms with Gasteiger partial charge in [0.1, 0.15) is 0 Å². The SMILES string of the molecule is CCCCC=CCCCC(=O)O. The lowest BCUT2D eigenvalue weighted by molar-refractivity contribution is -0.137. The summed E-state index contributed by atoms with van der Waals surface area (Å²) >= 11 is 0. The molecule has 0 spiro atoms. The van der Waals surface area contributed by atoms with Crippen molar-refractivity contribution in [1.29, 1.82) is 0 Å². The fourth-order valence-electron chi connectivity index (χ4n) is 0.929. The zero-order valence-electron chi connectivity index (χ0n) is 7.75. The summed E-state index contributed by atoms with van der Waals surface area (Å²) in [6.45, 7) is 2.16. The van der Waals surface area contributed by atoms with Crippen LogP contribution in [0.15, 0.2) is 12.2 Å². The van der Waals surface area contributed by atoms with Gasteiger partial charge in [-0.05, 0) is 19.3 Å². The lowest BCUT2D eigenvalue weighted by Gasteiger charge is -1.91. The Bertz CT molecular complexity index is 139. The van der Waals surface area contributed by atoms with Crippen molar-refractivity contribution in [3.05, 3.63) is 12.2 Å². The van der Waals surface area contributed by atoms with E-state index >= 15 is 0 Å². The number of allylic oxidation sites excluding steroid dienone is 2. The predicted molar refractivity (Wildman–Crippen MR) is 50.2 cm³/mol. The van der Waals surface area contributed by atoms with Gasteiger partial charge in [-0.25, -0.2) is 0 Å².